The minimum absolute atomic E-state index is 0.119. The lowest BCUT2D eigenvalue weighted by Crippen LogP contribution is -2.28. The second-order valence-corrected chi connectivity index (χ2v) is 10.5. The average Bonchev–Trinajstić information content (AvgIpc) is 3.08. The molecule has 0 bridgehead atoms. The van der Waals surface area contributed by atoms with Crippen molar-refractivity contribution in [3.05, 3.63) is 47.0 Å². The molecule has 0 radical (unpaired) electrons. The lowest BCUT2D eigenvalue weighted by Gasteiger charge is -2.23. The van der Waals surface area contributed by atoms with Crippen LogP contribution in [0.5, 0.6) is 0 Å². The second-order valence-electron chi connectivity index (χ2n) is 7.38. The maximum Gasteiger partial charge on any atom is 0.351 e. The number of nitriles is 1. The normalized spacial score (nSPS) is 18.9. The Hall–Kier alpha value is -1.49. The van der Waals surface area contributed by atoms with Crippen molar-refractivity contribution >= 4 is 46.9 Å². The van der Waals surface area contributed by atoms with Crippen molar-refractivity contribution < 1.29 is 9.53 Å². The van der Waals surface area contributed by atoms with Gasteiger partial charge in [0.05, 0.1) is 5.69 Å². The summed E-state index contributed by atoms with van der Waals surface area (Å²) >= 11 is 4.98. The number of carbonyl (C=O) groups excluding carboxylic acids is 1. The van der Waals surface area contributed by atoms with Crippen LogP contribution in [0.25, 0.3) is 0 Å². The molecule has 7 heteroatoms. The highest BCUT2D eigenvalue weighted by atomic mass is 32.2. The third-order valence-electron chi connectivity index (χ3n) is 4.87. The Bertz CT molecular complexity index is 835. The van der Waals surface area contributed by atoms with Gasteiger partial charge >= 0.3 is 5.97 Å². The van der Waals surface area contributed by atoms with Crippen LogP contribution in [0, 0.1) is 11.3 Å². The van der Waals surface area contributed by atoms with E-state index in [0.29, 0.717) is 5.03 Å². The molecule has 1 saturated heterocycles. The summed E-state index contributed by atoms with van der Waals surface area (Å²) in [6, 6.07) is 10.2. The number of anilines is 1. The Morgan fingerprint density at radius 2 is 1.97 bits per heavy atom. The van der Waals surface area contributed by atoms with Gasteiger partial charge in [0.25, 0.3) is 0 Å². The van der Waals surface area contributed by atoms with Gasteiger partial charge in [0, 0.05) is 34.5 Å². The fourth-order valence-electron chi connectivity index (χ4n) is 3.36. The van der Waals surface area contributed by atoms with Crippen molar-refractivity contribution in [1.82, 2.24) is 0 Å². The lowest BCUT2D eigenvalue weighted by atomic mass is 10.2. The smallest absolute Gasteiger partial charge is 0.351 e. The average molecular weight is 461 g/mol. The number of esters is 1. The number of carbonyl (C=O) groups is 1. The van der Waals surface area contributed by atoms with Gasteiger partial charge in [0.15, 0.2) is 5.57 Å². The van der Waals surface area contributed by atoms with Crippen molar-refractivity contribution in [2.45, 2.75) is 43.6 Å². The Morgan fingerprint density at radius 3 is 2.67 bits per heavy atom. The number of nitrogens with zero attached hydrogens (tertiary/aromatic N) is 2. The van der Waals surface area contributed by atoms with Gasteiger partial charge in [-0.25, -0.2) is 4.79 Å². The van der Waals surface area contributed by atoms with Crippen LogP contribution in [0.15, 0.2) is 51.9 Å². The summed E-state index contributed by atoms with van der Waals surface area (Å²) < 4.78 is 5.79. The largest absolute Gasteiger partial charge is 0.456 e. The summed E-state index contributed by atoms with van der Waals surface area (Å²) in [7, 11) is 0. The van der Waals surface area contributed by atoms with E-state index in [1.807, 2.05) is 18.2 Å². The highest BCUT2D eigenvalue weighted by molar-refractivity contribution is 8.03. The van der Waals surface area contributed by atoms with E-state index in [4.69, 9.17) is 4.74 Å². The van der Waals surface area contributed by atoms with Crippen LogP contribution in [0.1, 0.15) is 32.6 Å². The Kier molecular flexibility index (Phi) is 9.10. The van der Waals surface area contributed by atoms with Crippen molar-refractivity contribution in [3.63, 3.8) is 0 Å². The molecule has 2 aliphatic heterocycles. The van der Waals surface area contributed by atoms with Crippen LogP contribution in [0.3, 0.4) is 0 Å². The standard InChI is InChI=1S/C23H28N2O2S3/c1-3-4-5-8-11-25-20-9-6-7-10-21(20)30-22(25)19(12-24)23(26)27-18-15-28-13-17(2)14-29-16-18/h6-7,9-10,18H,2-5,8,11,13-16H2,1H3/b22-19-. The molecule has 160 valence electrons. The van der Waals surface area contributed by atoms with Gasteiger partial charge in [0.2, 0.25) is 0 Å². The molecule has 0 saturated carbocycles. The Morgan fingerprint density at radius 1 is 1.23 bits per heavy atom. The highest BCUT2D eigenvalue weighted by Gasteiger charge is 2.31. The van der Waals surface area contributed by atoms with Gasteiger partial charge in [-0.05, 0) is 18.6 Å². The summed E-state index contributed by atoms with van der Waals surface area (Å²) in [5, 5.41) is 10.6. The number of fused-ring (bicyclic) bond motifs is 1. The molecule has 1 fully saturated rings. The predicted molar refractivity (Wildman–Crippen MR) is 130 cm³/mol. The van der Waals surface area contributed by atoms with E-state index >= 15 is 0 Å². The maximum atomic E-state index is 13.0. The van der Waals surface area contributed by atoms with Crippen LogP contribution in [0.4, 0.5) is 5.69 Å². The van der Waals surface area contributed by atoms with Crippen LogP contribution < -0.4 is 4.90 Å². The van der Waals surface area contributed by atoms with Gasteiger partial charge in [-0.15, -0.1) is 0 Å². The second kappa shape index (κ2) is 11.8. The highest BCUT2D eigenvalue weighted by Crippen LogP contribution is 2.47. The molecule has 1 aromatic rings. The van der Waals surface area contributed by atoms with Crippen molar-refractivity contribution in [1.29, 1.82) is 5.26 Å². The van der Waals surface area contributed by atoms with Crippen LogP contribution in [-0.4, -0.2) is 41.6 Å². The topological polar surface area (TPSA) is 53.3 Å². The molecule has 0 aliphatic carbocycles. The number of ether oxygens (including phenoxy) is 1. The first-order valence-corrected chi connectivity index (χ1v) is 13.5. The number of benzene rings is 1. The molecule has 2 aliphatic rings. The van der Waals surface area contributed by atoms with E-state index in [9.17, 15) is 10.1 Å². The number of thioether (sulfide) groups is 3. The van der Waals surface area contributed by atoms with E-state index in [2.05, 4.69) is 30.5 Å². The molecule has 30 heavy (non-hydrogen) atoms. The molecule has 0 amide bonds. The first kappa shape index (κ1) is 23.2. The zero-order chi connectivity index (χ0) is 21.3. The van der Waals surface area contributed by atoms with Gasteiger partial charge in [0.1, 0.15) is 17.2 Å². The van der Waals surface area contributed by atoms with Gasteiger partial charge in [-0.2, -0.15) is 28.8 Å². The van der Waals surface area contributed by atoms with Gasteiger partial charge < -0.3 is 9.64 Å². The number of hydrogen-bond donors (Lipinski definition) is 0. The molecule has 3 rings (SSSR count). The predicted octanol–water partition coefficient (Wildman–Crippen LogP) is 5.86. The Labute approximate surface area is 192 Å². The van der Waals surface area contributed by atoms with Crippen LogP contribution in [0.2, 0.25) is 0 Å². The molecule has 4 nitrogen and oxygen atoms in total. The fourth-order valence-corrected chi connectivity index (χ4v) is 6.72. The first-order valence-electron chi connectivity index (χ1n) is 10.4. The van der Waals surface area contributed by atoms with Crippen molar-refractivity contribution in [3.8, 4) is 6.07 Å². The molecular formula is C23H28N2O2S3. The molecule has 0 atom stereocenters. The summed E-state index contributed by atoms with van der Waals surface area (Å²) in [6.45, 7) is 7.04. The quantitative estimate of drug-likeness (QED) is 0.166. The summed E-state index contributed by atoms with van der Waals surface area (Å²) in [4.78, 5) is 16.2. The third-order valence-corrected chi connectivity index (χ3v) is 8.49. The number of para-hydroxylation sites is 1. The molecule has 0 aromatic heterocycles. The molecular weight excluding hydrogens is 432 g/mol. The lowest BCUT2D eigenvalue weighted by molar-refractivity contribution is -0.141. The number of rotatable bonds is 7. The van der Waals surface area contributed by atoms with E-state index < -0.39 is 5.97 Å². The van der Waals surface area contributed by atoms with Crippen LogP contribution >= 0.6 is 35.3 Å². The van der Waals surface area contributed by atoms with Gasteiger partial charge in [-0.1, -0.05) is 62.2 Å². The third kappa shape index (κ3) is 6.03. The number of unbranched alkanes of at least 4 members (excludes halogenated alkanes) is 3. The van der Waals surface area contributed by atoms with E-state index in [0.717, 1.165) is 53.0 Å². The summed E-state index contributed by atoms with van der Waals surface area (Å²) in [6.07, 6.45) is 4.35. The molecule has 0 spiro atoms. The van der Waals surface area contributed by atoms with Crippen molar-refractivity contribution in [2.75, 3.05) is 34.5 Å². The van der Waals surface area contributed by atoms with Crippen molar-refractivity contribution in [2.24, 2.45) is 0 Å². The Balaban J connectivity index is 1.76. The van der Waals surface area contributed by atoms with E-state index in [-0.39, 0.29) is 11.7 Å². The zero-order valence-corrected chi connectivity index (χ0v) is 19.8. The fraction of sp³-hybridized carbons (Fsp3) is 0.478. The molecule has 0 N–H and O–H groups in total. The summed E-state index contributed by atoms with van der Waals surface area (Å²) in [5.74, 6) is 2.75. The monoisotopic (exact) mass is 460 g/mol. The molecule has 2 heterocycles. The molecule has 1 aromatic carbocycles. The van der Waals surface area contributed by atoms with Gasteiger partial charge in [-0.3, -0.25) is 0 Å². The zero-order valence-electron chi connectivity index (χ0n) is 17.4. The maximum absolute atomic E-state index is 13.0. The summed E-state index contributed by atoms with van der Waals surface area (Å²) in [5.41, 5.74) is 2.41. The minimum atomic E-state index is -0.503. The SMILES string of the molecule is C=C1CSCC(OC(=O)/C(C#N)=C2\Sc3ccccc3N2CCCCCC)CSC1. The number of hydrogen-bond acceptors (Lipinski definition) is 7. The minimum Gasteiger partial charge on any atom is -0.456 e. The molecule has 0 unspecified atom stereocenters. The van der Waals surface area contributed by atoms with E-state index in [1.54, 1.807) is 23.5 Å². The first-order chi connectivity index (χ1) is 14.6. The van der Waals surface area contributed by atoms with Crippen LogP contribution in [-0.2, 0) is 9.53 Å². The van der Waals surface area contributed by atoms with E-state index in [1.165, 1.54) is 30.2 Å².